The lowest BCUT2D eigenvalue weighted by Crippen LogP contribution is -2.32. The molecule has 4 atom stereocenters. The van der Waals surface area contributed by atoms with E-state index in [0.29, 0.717) is 10.9 Å². The van der Waals surface area contributed by atoms with Crippen LogP contribution < -0.4 is 10.2 Å². The van der Waals surface area contributed by atoms with E-state index in [1.165, 1.54) is 22.3 Å². The Hall–Kier alpha value is -3.13. The zero-order chi connectivity index (χ0) is 19.7. The number of thiazole rings is 1. The molecule has 1 aromatic carbocycles. The van der Waals surface area contributed by atoms with Crippen molar-refractivity contribution < 1.29 is 14.0 Å². The van der Waals surface area contributed by atoms with Crippen LogP contribution in [0.1, 0.15) is 6.42 Å². The average Bonchev–Trinajstić information content (AvgIpc) is 3.46. The standard InChI is InChI=1S/C21H15FN4O2S/c22-12-3-6-16(23-9-12)24-13-4-5-14-15(8-13)29-21(25-14)26-19(27)17-10-1-2-11(7-10)18(17)20(26)28/h1-6,8-11,17-18H,7H2,(H,23,24)/t10?,11?,17-,18+. The molecule has 0 radical (unpaired) electrons. The number of carbonyl (C=O) groups excluding carboxylic acids is 2. The van der Waals surface area contributed by atoms with E-state index in [1.54, 1.807) is 6.07 Å². The van der Waals surface area contributed by atoms with Crippen LogP contribution in [0.2, 0.25) is 0 Å². The molecule has 2 aromatic heterocycles. The van der Waals surface area contributed by atoms with Crippen LogP contribution in [0.5, 0.6) is 0 Å². The third-order valence-electron chi connectivity index (χ3n) is 6.04. The maximum atomic E-state index is 13.0. The molecule has 1 N–H and O–H groups in total. The Kier molecular flexibility index (Phi) is 3.44. The van der Waals surface area contributed by atoms with Gasteiger partial charge in [-0.2, -0.15) is 0 Å². The summed E-state index contributed by atoms with van der Waals surface area (Å²) in [6.07, 6.45) is 6.22. The van der Waals surface area contributed by atoms with Crippen molar-refractivity contribution in [1.29, 1.82) is 0 Å². The van der Waals surface area contributed by atoms with Gasteiger partial charge in [0.15, 0.2) is 5.13 Å². The van der Waals surface area contributed by atoms with E-state index in [9.17, 15) is 14.0 Å². The molecule has 2 amide bonds. The number of hydrogen-bond acceptors (Lipinski definition) is 6. The number of rotatable bonds is 3. The molecular formula is C21H15FN4O2S. The molecule has 0 spiro atoms. The van der Waals surface area contributed by atoms with E-state index in [0.717, 1.165) is 28.5 Å². The second-order valence-electron chi connectivity index (χ2n) is 7.68. The van der Waals surface area contributed by atoms with Gasteiger partial charge in [0.1, 0.15) is 11.6 Å². The van der Waals surface area contributed by atoms with Crippen LogP contribution in [0.25, 0.3) is 10.2 Å². The van der Waals surface area contributed by atoms with Gasteiger partial charge in [0.25, 0.3) is 0 Å². The van der Waals surface area contributed by atoms with E-state index in [1.807, 2.05) is 18.2 Å². The van der Waals surface area contributed by atoms with Crippen molar-refractivity contribution in [1.82, 2.24) is 9.97 Å². The van der Waals surface area contributed by atoms with Gasteiger partial charge in [-0.1, -0.05) is 23.5 Å². The van der Waals surface area contributed by atoms with Crippen LogP contribution in [-0.4, -0.2) is 21.8 Å². The summed E-state index contributed by atoms with van der Waals surface area (Å²) in [6.45, 7) is 0. The molecule has 2 aliphatic carbocycles. The first-order chi connectivity index (χ1) is 14.1. The molecule has 6 rings (SSSR count). The molecule has 8 heteroatoms. The number of carbonyl (C=O) groups is 2. The predicted octanol–water partition coefficient (Wildman–Crippen LogP) is 3.89. The highest BCUT2D eigenvalue weighted by molar-refractivity contribution is 7.22. The number of fused-ring (bicyclic) bond motifs is 6. The van der Waals surface area contributed by atoms with Gasteiger partial charge in [0.2, 0.25) is 11.8 Å². The maximum absolute atomic E-state index is 13.0. The summed E-state index contributed by atoms with van der Waals surface area (Å²) < 4.78 is 13.9. The van der Waals surface area contributed by atoms with Crippen LogP contribution >= 0.6 is 11.3 Å². The van der Waals surface area contributed by atoms with Crippen molar-refractivity contribution in [2.45, 2.75) is 6.42 Å². The maximum Gasteiger partial charge on any atom is 0.240 e. The number of aromatic nitrogens is 2. The fraction of sp³-hybridized carbons (Fsp3) is 0.238. The normalized spacial score (nSPS) is 27.3. The number of pyridine rings is 1. The average molecular weight is 406 g/mol. The quantitative estimate of drug-likeness (QED) is 0.528. The number of halogens is 1. The predicted molar refractivity (Wildman–Crippen MR) is 107 cm³/mol. The molecule has 1 aliphatic heterocycles. The van der Waals surface area contributed by atoms with Crippen LogP contribution in [0, 0.1) is 29.5 Å². The Balaban J connectivity index is 1.31. The summed E-state index contributed by atoms with van der Waals surface area (Å²) in [5, 5.41) is 3.55. The second-order valence-corrected chi connectivity index (χ2v) is 8.69. The molecule has 1 saturated heterocycles. The van der Waals surface area contributed by atoms with Gasteiger partial charge < -0.3 is 5.32 Å². The minimum atomic E-state index is -0.397. The number of anilines is 3. The third kappa shape index (κ3) is 2.45. The highest BCUT2D eigenvalue weighted by Gasteiger charge is 2.60. The van der Waals surface area contributed by atoms with Gasteiger partial charge in [-0.05, 0) is 48.6 Å². The first kappa shape index (κ1) is 16.8. The van der Waals surface area contributed by atoms with Gasteiger partial charge in [-0.3, -0.25) is 9.59 Å². The van der Waals surface area contributed by atoms with Crippen molar-refractivity contribution in [3.63, 3.8) is 0 Å². The minimum Gasteiger partial charge on any atom is -0.340 e. The molecule has 2 unspecified atom stereocenters. The van der Waals surface area contributed by atoms with Gasteiger partial charge in [0, 0.05) is 5.69 Å². The molecule has 29 heavy (non-hydrogen) atoms. The molecular weight excluding hydrogens is 391 g/mol. The number of benzene rings is 1. The van der Waals surface area contributed by atoms with Crippen LogP contribution in [0.3, 0.4) is 0 Å². The Morgan fingerprint density at radius 3 is 2.52 bits per heavy atom. The van der Waals surface area contributed by atoms with Crippen molar-refractivity contribution in [3.8, 4) is 0 Å². The largest absolute Gasteiger partial charge is 0.340 e. The van der Waals surface area contributed by atoms with E-state index in [2.05, 4.69) is 27.4 Å². The van der Waals surface area contributed by atoms with Crippen molar-refractivity contribution in [3.05, 3.63) is 54.5 Å². The zero-order valence-corrected chi connectivity index (χ0v) is 15.9. The summed E-state index contributed by atoms with van der Waals surface area (Å²) in [6, 6.07) is 8.45. The highest BCUT2D eigenvalue weighted by Crippen LogP contribution is 2.53. The lowest BCUT2D eigenvalue weighted by atomic mass is 9.85. The summed E-state index contributed by atoms with van der Waals surface area (Å²) >= 11 is 1.32. The Labute approximate surface area is 169 Å². The zero-order valence-electron chi connectivity index (χ0n) is 15.1. The number of nitrogens with one attached hydrogen (secondary N) is 1. The molecule has 3 heterocycles. The minimum absolute atomic E-state index is 0.121. The lowest BCUT2D eigenvalue weighted by Gasteiger charge is -2.14. The van der Waals surface area contributed by atoms with Crippen molar-refractivity contribution >= 4 is 50.0 Å². The monoisotopic (exact) mass is 406 g/mol. The van der Waals surface area contributed by atoms with Crippen LogP contribution in [0.4, 0.5) is 21.0 Å². The first-order valence-corrected chi connectivity index (χ1v) is 10.3. The molecule has 2 bridgehead atoms. The smallest absolute Gasteiger partial charge is 0.240 e. The van der Waals surface area contributed by atoms with E-state index in [4.69, 9.17) is 0 Å². The number of hydrogen-bond donors (Lipinski definition) is 1. The van der Waals surface area contributed by atoms with Gasteiger partial charge in [-0.25, -0.2) is 19.3 Å². The van der Waals surface area contributed by atoms with E-state index < -0.39 is 5.82 Å². The second kappa shape index (κ2) is 5.93. The molecule has 3 aliphatic rings. The summed E-state index contributed by atoms with van der Waals surface area (Å²) in [5.74, 6) is -0.213. The molecule has 144 valence electrons. The van der Waals surface area contributed by atoms with Gasteiger partial charge >= 0.3 is 0 Å². The first-order valence-electron chi connectivity index (χ1n) is 9.44. The fourth-order valence-corrected chi connectivity index (χ4v) is 5.79. The Morgan fingerprint density at radius 1 is 1.07 bits per heavy atom. The lowest BCUT2D eigenvalue weighted by molar-refractivity contribution is -0.123. The molecule has 2 fully saturated rings. The summed E-state index contributed by atoms with van der Waals surface area (Å²) in [4.78, 5) is 35.8. The van der Waals surface area contributed by atoms with Crippen molar-refractivity contribution in [2.24, 2.45) is 23.7 Å². The Bertz CT molecular complexity index is 1180. The fourth-order valence-electron chi connectivity index (χ4n) is 4.77. The number of nitrogens with zero attached hydrogens (tertiary/aromatic N) is 3. The number of amides is 2. The van der Waals surface area contributed by atoms with Crippen molar-refractivity contribution in [2.75, 3.05) is 10.2 Å². The van der Waals surface area contributed by atoms with Gasteiger partial charge in [0.05, 0.1) is 28.2 Å². The highest BCUT2D eigenvalue weighted by atomic mass is 32.1. The topological polar surface area (TPSA) is 75.2 Å². The SMILES string of the molecule is O=C1[C@@H]2C3C=CC(C3)[C@@H]2C(=O)N1c1nc2ccc(Nc3ccc(F)cn3)cc2s1. The van der Waals surface area contributed by atoms with Gasteiger partial charge in [-0.15, -0.1) is 0 Å². The summed E-state index contributed by atoms with van der Waals surface area (Å²) in [5.41, 5.74) is 1.49. The Morgan fingerprint density at radius 2 is 1.83 bits per heavy atom. The van der Waals surface area contributed by atoms with E-state index >= 15 is 0 Å². The van der Waals surface area contributed by atoms with Crippen LogP contribution in [0.15, 0.2) is 48.7 Å². The van der Waals surface area contributed by atoms with E-state index in [-0.39, 0.29) is 35.5 Å². The molecule has 6 nitrogen and oxygen atoms in total. The molecule has 3 aromatic rings. The molecule has 1 saturated carbocycles. The van der Waals surface area contributed by atoms with Crippen LogP contribution in [-0.2, 0) is 9.59 Å². The number of imide groups is 1. The summed E-state index contributed by atoms with van der Waals surface area (Å²) in [7, 11) is 0. The number of allylic oxidation sites excluding steroid dienone is 2. The third-order valence-corrected chi connectivity index (χ3v) is 7.04.